The molecule has 0 rings (SSSR count). The first-order valence-corrected chi connectivity index (χ1v) is 7.96. The Labute approximate surface area is 141 Å². The molecular formula is C15H28N4O5. The molecule has 3 amide bonds. The fourth-order valence-corrected chi connectivity index (χ4v) is 1.93. The van der Waals surface area contributed by atoms with E-state index in [2.05, 4.69) is 16.0 Å². The molecule has 24 heavy (non-hydrogen) atoms. The van der Waals surface area contributed by atoms with Gasteiger partial charge in [0.2, 0.25) is 17.7 Å². The number of nitrogens with two attached hydrogens (primary N) is 1. The smallest absolute Gasteiger partial charge is 0.305 e. The first kappa shape index (κ1) is 21.8. The average molecular weight is 344 g/mol. The molecule has 9 heteroatoms. The molecule has 0 aromatic carbocycles. The maximum Gasteiger partial charge on any atom is 0.305 e. The zero-order valence-electron chi connectivity index (χ0n) is 14.4. The lowest BCUT2D eigenvalue weighted by molar-refractivity contribution is -0.137. The van der Waals surface area contributed by atoms with Crippen LogP contribution in [-0.2, 0) is 19.2 Å². The molecule has 138 valence electrons. The molecule has 0 heterocycles. The number of nitrogens with one attached hydrogen (secondary N) is 3. The van der Waals surface area contributed by atoms with Gasteiger partial charge < -0.3 is 26.8 Å². The number of hydrogen-bond donors (Lipinski definition) is 5. The Morgan fingerprint density at radius 3 is 2.12 bits per heavy atom. The largest absolute Gasteiger partial charge is 0.481 e. The Morgan fingerprint density at radius 2 is 1.62 bits per heavy atom. The lowest BCUT2D eigenvalue weighted by atomic mass is 10.0. The second-order valence-electron chi connectivity index (χ2n) is 5.95. The van der Waals surface area contributed by atoms with Gasteiger partial charge in [0, 0.05) is 19.5 Å². The first-order valence-electron chi connectivity index (χ1n) is 7.96. The molecule has 0 saturated carbocycles. The van der Waals surface area contributed by atoms with Crippen molar-refractivity contribution >= 4 is 23.7 Å². The topological polar surface area (TPSA) is 151 Å². The minimum absolute atomic E-state index is 0.0168. The molecule has 0 radical (unpaired) electrons. The van der Waals surface area contributed by atoms with Crippen molar-refractivity contribution in [1.82, 2.24) is 16.0 Å². The van der Waals surface area contributed by atoms with Gasteiger partial charge in [0.05, 0.1) is 6.42 Å². The monoisotopic (exact) mass is 344 g/mol. The third kappa shape index (κ3) is 9.78. The van der Waals surface area contributed by atoms with Crippen molar-refractivity contribution in [2.75, 3.05) is 13.1 Å². The molecule has 0 unspecified atom stereocenters. The number of carboxylic acid groups (broad SMARTS) is 1. The van der Waals surface area contributed by atoms with E-state index in [1.807, 2.05) is 13.8 Å². The molecule has 0 saturated heterocycles. The Morgan fingerprint density at radius 1 is 1.00 bits per heavy atom. The van der Waals surface area contributed by atoms with Crippen molar-refractivity contribution in [2.24, 2.45) is 11.7 Å². The summed E-state index contributed by atoms with van der Waals surface area (Å²) in [6.45, 7) is 5.48. The quantitative estimate of drug-likeness (QED) is 0.323. The fraction of sp³-hybridized carbons (Fsp3) is 0.733. The van der Waals surface area contributed by atoms with Gasteiger partial charge in [-0.15, -0.1) is 0 Å². The number of hydrogen-bond acceptors (Lipinski definition) is 5. The van der Waals surface area contributed by atoms with Crippen molar-refractivity contribution in [3.8, 4) is 0 Å². The van der Waals surface area contributed by atoms with Gasteiger partial charge >= 0.3 is 5.97 Å². The van der Waals surface area contributed by atoms with E-state index in [0.29, 0.717) is 6.42 Å². The van der Waals surface area contributed by atoms with Gasteiger partial charge in [0.1, 0.15) is 12.1 Å². The molecule has 0 aromatic heterocycles. The molecule has 0 aliphatic carbocycles. The van der Waals surface area contributed by atoms with Gasteiger partial charge in [-0.25, -0.2) is 0 Å². The zero-order chi connectivity index (χ0) is 18.7. The minimum Gasteiger partial charge on any atom is -0.481 e. The summed E-state index contributed by atoms with van der Waals surface area (Å²) in [7, 11) is 0. The predicted octanol–water partition coefficient (Wildman–Crippen LogP) is -1.04. The Balaban J connectivity index is 4.58. The predicted molar refractivity (Wildman–Crippen MR) is 87.9 cm³/mol. The van der Waals surface area contributed by atoms with Gasteiger partial charge in [-0.2, -0.15) is 0 Å². The van der Waals surface area contributed by atoms with E-state index in [1.165, 1.54) is 6.92 Å². The molecule has 0 aliphatic rings. The van der Waals surface area contributed by atoms with Crippen LogP contribution < -0.4 is 21.7 Å². The highest BCUT2D eigenvalue weighted by molar-refractivity contribution is 5.92. The van der Waals surface area contributed by atoms with Gasteiger partial charge in [0.25, 0.3) is 0 Å². The number of rotatable bonds is 11. The third-order valence-electron chi connectivity index (χ3n) is 3.12. The van der Waals surface area contributed by atoms with Crippen LogP contribution in [0, 0.1) is 5.92 Å². The van der Waals surface area contributed by atoms with Gasteiger partial charge in [-0.05, 0) is 19.3 Å². The Hall–Kier alpha value is -2.16. The van der Waals surface area contributed by atoms with E-state index in [0.717, 1.165) is 0 Å². The van der Waals surface area contributed by atoms with Crippen LogP contribution in [0.1, 0.15) is 40.0 Å². The van der Waals surface area contributed by atoms with Crippen molar-refractivity contribution in [1.29, 1.82) is 0 Å². The Kier molecular flexibility index (Phi) is 10.4. The summed E-state index contributed by atoms with van der Waals surface area (Å²) >= 11 is 0. The number of amides is 3. The number of carbonyl (C=O) groups excluding carboxylic acids is 3. The van der Waals surface area contributed by atoms with E-state index in [-0.39, 0.29) is 37.8 Å². The van der Waals surface area contributed by atoms with E-state index in [1.54, 1.807) is 0 Å². The van der Waals surface area contributed by atoms with Crippen LogP contribution >= 0.6 is 0 Å². The SMILES string of the molecule is CC(C)C[C@H](NC(=O)CCN)C(=O)N[C@@H](C)C(=O)NCCC(=O)O. The number of carboxylic acids is 1. The van der Waals surface area contributed by atoms with E-state index in [9.17, 15) is 19.2 Å². The Bertz CT molecular complexity index is 453. The highest BCUT2D eigenvalue weighted by Gasteiger charge is 2.24. The molecule has 0 spiro atoms. The standard InChI is InChI=1S/C15H28N4O5/c1-9(2)8-11(19-12(20)4-6-16)15(24)18-10(3)14(23)17-7-5-13(21)22/h9-11H,4-8,16H2,1-3H3,(H,17,23)(H,18,24)(H,19,20)(H,21,22)/t10-,11-/m0/s1. The second kappa shape index (κ2) is 11.4. The average Bonchev–Trinajstić information content (AvgIpc) is 2.45. The van der Waals surface area contributed by atoms with Crippen molar-refractivity contribution < 1.29 is 24.3 Å². The van der Waals surface area contributed by atoms with Crippen molar-refractivity contribution in [3.63, 3.8) is 0 Å². The van der Waals surface area contributed by atoms with E-state index in [4.69, 9.17) is 10.8 Å². The summed E-state index contributed by atoms with van der Waals surface area (Å²) in [5.74, 6) is -2.13. The van der Waals surface area contributed by atoms with Crippen molar-refractivity contribution in [2.45, 2.75) is 52.1 Å². The summed E-state index contributed by atoms with van der Waals surface area (Å²) < 4.78 is 0. The molecule has 0 aromatic rings. The highest BCUT2D eigenvalue weighted by atomic mass is 16.4. The summed E-state index contributed by atoms with van der Waals surface area (Å²) in [5.41, 5.74) is 5.31. The van der Waals surface area contributed by atoms with Crippen LogP contribution in [0.25, 0.3) is 0 Å². The molecule has 0 bridgehead atoms. The molecule has 2 atom stereocenters. The summed E-state index contributed by atoms with van der Waals surface area (Å²) in [5, 5.41) is 16.1. The number of aliphatic carboxylic acids is 1. The maximum atomic E-state index is 12.3. The molecule has 0 fully saturated rings. The number of carbonyl (C=O) groups is 4. The zero-order valence-corrected chi connectivity index (χ0v) is 14.4. The summed E-state index contributed by atoms with van der Waals surface area (Å²) in [6, 6.07) is -1.59. The van der Waals surface area contributed by atoms with Crippen LogP contribution in [0.15, 0.2) is 0 Å². The van der Waals surface area contributed by atoms with Crippen LogP contribution in [0.4, 0.5) is 0 Å². The molecule has 6 N–H and O–H groups in total. The van der Waals surface area contributed by atoms with Gasteiger partial charge in [0.15, 0.2) is 0 Å². The normalized spacial score (nSPS) is 13.0. The lowest BCUT2D eigenvalue weighted by Crippen LogP contribution is -2.53. The van der Waals surface area contributed by atoms with E-state index >= 15 is 0 Å². The first-order chi connectivity index (χ1) is 11.2. The van der Waals surface area contributed by atoms with Crippen LogP contribution in [0.5, 0.6) is 0 Å². The minimum atomic E-state index is -1.02. The molecule has 0 aliphatic heterocycles. The maximum absolute atomic E-state index is 12.3. The van der Waals surface area contributed by atoms with Gasteiger partial charge in [-0.3, -0.25) is 19.2 Å². The highest BCUT2D eigenvalue weighted by Crippen LogP contribution is 2.06. The summed E-state index contributed by atoms with van der Waals surface area (Å²) in [6.07, 6.45) is 0.347. The molecule has 9 nitrogen and oxygen atoms in total. The third-order valence-corrected chi connectivity index (χ3v) is 3.12. The van der Waals surface area contributed by atoms with Crippen molar-refractivity contribution in [3.05, 3.63) is 0 Å². The fourth-order valence-electron chi connectivity index (χ4n) is 1.93. The van der Waals surface area contributed by atoms with E-state index < -0.39 is 29.9 Å². The van der Waals surface area contributed by atoms with Crippen LogP contribution in [0.3, 0.4) is 0 Å². The second-order valence-corrected chi connectivity index (χ2v) is 5.95. The van der Waals surface area contributed by atoms with Crippen LogP contribution in [0.2, 0.25) is 0 Å². The molecular weight excluding hydrogens is 316 g/mol. The lowest BCUT2D eigenvalue weighted by Gasteiger charge is -2.22. The van der Waals surface area contributed by atoms with Crippen LogP contribution in [-0.4, -0.2) is 54.0 Å². The van der Waals surface area contributed by atoms with Gasteiger partial charge in [-0.1, -0.05) is 13.8 Å². The summed E-state index contributed by atoms with van der Waals surface area (Å²) in [4.78, 5) is 46.2.